The van der Waals surface area contributed by atoms with Crippen LogP contribution in [0.25, 0.3) is 0 Å². The van der Waals surface area contributed by atoms with E-state index in [1.807, 2.05) is 12.2 Å². The zero-order chi connectivity index (χ0) is 13.9. The minimum absolute atomic E-state index is 0.367. The molecule has 0 spiro atoms. The third-order valence-electron chi connectivity index (χ3n) is 3.71. The second-order valence-corrected chi connectivity index (χ2v) is 5.20. The van der Waals surface area contributed by atoms with Crippen molar-refractivity contribution in [3.8, 4) is 0 Å². The molecule has 4 nitrogen and oxygen atoms in total. The Labute approximate surface area is 113 Å². The average molecular weight is 264 g/mol. The van der Waals surface area contributed by atoms with Crippen molar-refractivity contribution in [2.24, 2.45) is 5.41 Å². The molecule has 0 N–H and O–H groups in total. The first kappa shape index (κ1) is 13.8. The highest BCUT2D eigenvalue weighted by Gasteiger charge is 2.47. The summed E-state index contributed by atoms with van der Waals surface area (Å²) in [4.78, 5) is 24.2. The lowest BCUT2D eigenvalue weighted by Gasteiger charge is -2.25. The Morgan fingerprint density at radius 3 is 1.58 bits per heavy atom. The van der Waals surface area contributed by atoms with Crippen molar-refractivity contribution < 1.29 is 19.1 Å². The number of carbonyl (C=O) groups excluding carboxylic acids is 2. The predicted octanol–water partition coefficient (Wildman–Crippen LogP) is 2.54. The molecule has 0 heterocycles. The largest absolute Gasteiger partial charge is 0.468 e. The molecular formula is C15H20O4. The fourth-order valence-corrected chi connectivity index (χ4v) is 2.08. The molecule has 104 valence electrons. The Hall–Kier alpha value is -1.58. The number of hydrogen-bond donors (Lipinski definition) is 0. The molecule has 0 amide bonds. The highest BCUT2D eigenvalue weighted by molar-refractivity contribution is 6.00. The summed E-state index contributed by atoms with van der Waals surface area (Å²) in [5, 5.41) is 0. The van der Waals surface area contributed by atoms with E-state index < -0.39 is 17.4 Å². The smallest absolute Gasteiger partial charge is 0.323 e. The zero-order valence-corrected chi connectivity index (χ0v) is 11.5. The highest BCUT2D eigenvalue weighted by Crippen LogP contribution is 2.38. The third-order valence-corrected chi connectivity index (χ3v) is 3.71. The Kier molecular flexibility index (Phi) is 4.08. The van der Waals surface area contributed by atoms with Gasteiger partial charge in [-0.15, -0.1) is 0 Å². The molecule has 0 radical (unpaired) electrons. The summed E-state index contributed by atoms with van der Waals surface area (Å²) in [5.41, 5.74) is 1.39. The number of rotatable bonds is 6. The summed E-state index contributed by atoms with van der Waals surface area (Å²) in [6.07, 6.45) is 8.98. The molecule has 0 aliphatic heterocycles. The Balaban J connectivity index is 2.23. The van der Waals surface area contributed by atoms with Gasteiger partial charge in [0.25, 0.3) is 0 Å². The number of allylic oxidation sites excluding steroid dienone is 4. The van der Waals surface area contributed by atoms with Crippen molar-refractivity contribution in [1.29, 1.82) is 0 Å². The van der Waals surface area contributed by atoms with E-state index in [9.17, 15) is 9.59 Å². The molecular weight excluding hydrogens is 244 g/mol. The first-order valence-corrected chi connectivity index (χ1v) is 6.65. The van der Waals surface area contributed by atoms with Crippen LogP contribution in [0.4, 0.5) is 0 Å². The molecule has 4 heteroatoms. The van der Waals surface area contributed by atoms with Gasteiger partial charge in [0, 0.05) is 0 Å². The number of esters is 2. The monoisotopic (exact) mass is 264 g/mol. The van der Waals surface area contributed by atoms with E-state index in [-0.39, 0.29) is 0 Å². The van der Waals surface area contributed by atoms with Gasteiger partial charge in [-0.2, -0.15) is 0 Å². The molecule has 2 rings (SSSR count). The molecule has 2 aliphatic rings. The Bertz CT molecular complexity index is 391. The van der Waals surface area contributed by atoms with Crippen molar-refractivity contribution in [2.75, 3.05) is 14.2 Å². The lowest BCUT2D eigenvalue weighted by Crippen LogP contribution is -2.40. The van der Waals surface area contributed by atoms with Crippen LogP contribution in [0.15, 0.2) is 23.3 Å². The topological polar surface area (TPSA) is 52.6 Å². The molecule has 19 heavy (non-hydrogen) atoms. The zero-order valence-electron chi connectivity index (χ0n) is 11.5. The molecule has 0 unspecified atom stereocenters. The maximum absolute atomic E-state index is 12.1. The molecule has 2 aliphatic carbocycles. The summed E-state index contributed by atoms with van der Waals surface area (Å²) in [5.74, 6) is -1.01. The van der Waals surface area contributed by atoms with Crippen molar-refractivity contribution in [3.63, 3.8) is 0 Å². The van der Waals surface area contributed by atoms with Gasteiger partial charge in [0.15, 0.2) is 5.41 Å². The second kappa shape index (κ2) is 5.59. The van der Waals surface area contributed by atoms with Gasteiger partial charge in [0.2, 0.25) is 0 Å². The van der Waals surface area contributed by atoms with E-state index in [0.29, 0.717) is 12.8 Å². The van der Waals surface area contributed by atoms with E-state index in [1.165, 1.54) is 25.4 Å². The van der Waals surface area contributed by atoms with E-state index in [2.05, 4.69) is 0 Å². The summed E-state index contributed by atoms with van der Waals surface area (Å²) < 4.78 is 9.69. The molecule has 0 aromatic carbocycles. The van der Waals surface area contributed by atoms with Crippen LogP contribution in [0, 0.1) is 5.41 Å². The number of methoxy groups -OCH3 is 2. The van der Waals surface area contributed by atoms with Crippen molar-refractivity contribution in [2.45, 2.75) is 38.5 Å². The van der Waals surface area contributed by atoms with Gasteiger partial charge in [0.1, 0.15) is 0 Å². The van der Waals surface area contributed by atoms with Crippen LogP contribution in [0.3, 0.4) is 0 Å². The Morgan fingerprint density at radius 2 is 1.32 bits per heavy atom. The van der Waals surface area contributed by atoms with Gasteiger partial charge in [-0.3, -0.25) is 9.59 Å². The SMILES string of the molecule is COC(=O)C(CC=C1CC1)(CC=C1CC1)C(=O)OC. The summed E-state index contributed by atoms with van der Waals surface area (Å²) in [6.45, 7) is 0. The molecule has 0 saturated heterocycles. The third kappa shape index (κ3) is 3.25. The van der Waals surface area contributed by atoms with Crippen LogP contribution in [0.5, 0.6) is 0 Å². The van der Waals surface area contributed by atoms with Crippen LogP contribution >= 0.6 is 0 Å². The number of hydrogen-bond acceptors (Lipinski definition) is 4. The lowest BCUT2D eigenvalue weighted by atomic mass is 9.80. The molecule has 2 saturated carbocycles. The number of carbonyl (C=O) groups is 2. The average Bonchev–Trinajstić information content (AvgIpc) is 3.29. The van der Waals surface area contributed by atoms with Gasteiger partial charge in [-0.1, -0.05) is 23.3 Å². The molecule has 2 fully saturated rings. The summed E-state index contributed by atoms with van der Waals surface area (Å²) in [6, 6.07) is 0. The van der Waals surface area contributed by atoms with Crippen LogP contribution in [0.1, 0.15) is 38.5 Å². The first-order chi connectivity index (χ1) is 9.12. The van der Waals surface area contributed by atoms with Gasteiger partial charge in [-0.25, -0.2) is 0 Å². The van der Waals surface area contributed by atoms with Crippen LogP contribution < -0.4 is 0 Å². The predicted molar refractivity (Wildman–Crippen MR) is 70.3 cm³/mol. The lowest BCUT2D eigenvalue weighted by molar-refractivity contribution is -0.168. The summed E-state index contributed by atoms with van der Waals surface area (Å²) >= 11 is 0. The Morgan fingerprint density at radius 1 is 0.947 bits per heavy atom. The van der Waals surface area contributed by atoms with E-state index in [4.69, 9.17) is 9.47 Å². The normalized spacial score (nSPS) is 16.7. The highest BCUT2D eigenvalue weighted by atomic mass is 16.5. The van der Waals surface area contributed by atoms with Crippen LogP contribution in [-0.2, 0) is 19.1 Å². The fourth-order valence-electron chi connectivity index (χ4n) is 2.08. The fraction of sp³-hybridized carbons (Fsp3) is 0.600. The van der Waals surface area contributed by atoms with E-state index >= 15 is 0 Å². The van der Waals surface area contributed by atoms with Gasteiger partial charge >= 0.3 is 11.9 Å². The molecule has 0 atom stereocenters. The maximum Gasteiger partial charge on any atom is 0.323 e. The summed E-state index contributed by atoms with van der Waals surface area (Å²) in [7, 11) is 2.63. The van der Waals surface area contributed by atoms with E-state index in [1.54, 1.807) is 0 Å². The van der Waals surface area contributed by atoms with Crippen molar-refractivity contribution >= 4 is 11.9 Å². The van der Waals surface area contributed by atoms with Gasteiger partial charge < -0.3 is 9.47 Å². The van der Waals surface area contributed by atoms with E-state index in [0.717, 1.165) is 25.7 Å². The minimum Gasteiger partial charge on any atom is -0.468 e. The van der Waals surface area contributed by atoms with Gasteiger partial charge in [-0.05, 0) is 38.5 Å². The number of ether oxygens (including phenoxy) is 2. The van der Waals surface area contributed by atoms with Gasteiger partial charge in [0.05, 0.1) is 14.2 Å². The molecule has 0 aromatic heterocycles. The second-order valence-electron chi connectivity index (χ2n) is 5.20. The van der Waals surface area contributed by atoms with Crippen LogP contribution in [0.2, 0.25) is 0 Å². The first-order valence-electron chi connectivity index (χ1n) is 6.65. The molecule has 0 aromatic rings. The van der Waals surface area contributed by atoms with Crippen molar-refractivity contribution in [3.05, 3.63) is 23.3 Å². The molecule has 0 bridgehead atoms. The standard InChI is InChI=1S/C15H20O4/c1-18-13(16)15(14(17)19-2,9-7-11-3-4-11)10-8-12-5-6-12/h7-8H,3-6,9-10H2,1-2H3. The maximum atomic E-state index is 12.1. The minimum atomic E-state index is -1.21. The van der Waals surface area contributed by atoms with Crippen LogP contribution in [-0.4, -0.2) is 26.2 Å². The quantitative estimate of drug-likeness (QED) is 0.420. The van der Waals surface area contributed by atoms with Crippen molar-refractivity contribution in [1.82, 2.24) is 0 Å².